The summed E-state index contributed by atoms with van der Waals surface area (Å²) in [5.41, 5.74) is 0.224. The summed E-state index contributed by atoms with van der Waals surface area (Å²) in [5.74, 6) is -1.59. The average Bonchev–Trinajstić information content (AvgIpc) is 2.65. The van der Waals surface area contributed by atoms with Crippen LogP contribution >= 0.6 is 27.5 Å². The second kappa shape index (κ2) is 8.19. The number of benzene rings is 3. The molecule has 0 unspecified atom stereocenters. The van der Waals surface area contributed by atoms with Crippen LogP contribution < -0.4 is 4.31 Å². The Morgan fingerprint density at radius 2 is 1.64 bits per heavy atom. The molecule has 0 aliphatic rings. The lowest BCUT2D eigenvalue weighted by atomic mass is 10.1. The van der Waals surface area contributed by atoms with Gasteiger partial charge in [0.2, 0.25) is 0 Å². The molecule has 3 rings (SSSR count). The molecule has 3 nitrogen and oxygen atoms in total. The van der Waals surface area contributed by atoms with Crippen LogP contribution in [0, 0.1) is 11.6 Å². The zero-order chi connectivity index (χ0) is 20.5. The summed E-state index contributed by atoms with van der Waals surface area (Å²) < 4.78 is 56.8. The van der Waals surface area contributed by atoms with Crippen molar-refractivity contribution in [3.8, 4) is 0 Å². The molecule has 3 aromatic rings. The van der Waals surface area contributed by atoms with Gasteiger partial charge in [-0.25, -0.2) is 17.2 Å². The van der Waals surface area contributed by atoms with E-state index in [9.17, 15) is 17.2 Å². The first-order chi connectivity index (χ1) is 13.2. The van der Waals surface area contributed by atoms with E-state index >= 15 is 0 Å². The van der Waals surface area contributed by atoms with Gasteiger partial charge in [-0.1, -0.05) is 45.7 Å². The largest absolute Gasteiger partial charge is 0.264 e. The molecule has 0 heterocycles. The summed E-state index contributed by atoms with van der Waals surface area (Å²) in [7, 11) is -4.23. The van der Waals surface area contributed by atoms with Crippen molar-refractivity contribution in [3.05, 3.63) is 93.4 Å². The SMILES string of the molecule is C[C@H](c1ccccc1Br)N(c1cc(F)ccc1F)S(=O)(=O)c1ccc(Cl)cc1. The van der Waals surface area contributed by atoms with Crippen LogP contribution in [0.2, 0.25) is 5.02 Å². The Labute approximate surface area is 175 Å². The van der Waals surface area contributed by atoms with Gasteiger partial charge in [0.25, 0.3) is 10.0 Å². The molecule has 0 fully saturated rings. The highest BCUT2D eigenvalue weighted by atomic mass is 79.9. The highest BCUT2D eigenvalue weighted by Gasteiger charge is 2.33. The third-order valence-electron chi connectivity index (χ3n) is 4.22. The number of nitrogens with zero attached hydrogens (tertiary/aromatic N) is 1. The standard InChI is InChI=1S/C20H15BrClF2NO2S/c1-13(17-4-2-3-5-18(17)21)25(20-12-15(23)8-11-19(20)24)28(26,27)16-9-6-14(22)7-10-16/h2-13H,1H3/t13-/m1/s1. The van der Waals surface area contributed by atoms with Crippen LogP contribution in [-0.4, -0.2) is 8.42 Å². The van der Waals surface area contributed by atoms with Crippen molar-refractivity contribution in [1.82, 2.24) is 0 Å². The summed E-state index contributed by atoms with van der Waals surface area (Å²) in [6.07, 6.45) is 0. The van der Waals surface area contributed by atoms with E-state index in [1.807, 2.05) is 0 Å². The molecule has 0 spiro atoms. The third-order valence-corrected chi connectivity index (χ3v) is 7.10. The average molecular weight is 487 g/mol. The quantitative estimate of drug-likeness (QED) is 0.422. The van der Waals surface area contributed by atoms with E-state index in [1.54, 1.807) is 31.2 Å². The van der Waals surface area contributed by atoms with Gasteiger partial charge in [0.1, 0.15) is 11.6 Å². The molecular weight excluding hydrogens is 472 g/mol. The first-order valence-corrected chi connectivity index (χ1v) is 10.8. The van der Waals surface area contributed by atoms with Gasteiger partial charge in [-0.2, -0.15) is 0 Å². The maximum atomic E-state index is 14.6. The summed E-state index contributed by atoms with van der Waals surface area (Å²) in [5, 5.41) is 0.362. The summed E-state index contributed by atoms with van der Waals surface area (Å²) >= 11 is 9.26. The van der Waals surface area contributed by atoms with E-state index < -0.39 is 27.7 Å². The molecule has 0 aliphatic heterocycles. The second-order valence-corrected chi connectivity index (χ2v) is 9.15. The summed E-state index contributed by atoms with van der Waals surface area (Å²) in [6.45, 7) is 1.61. The summed E-state index contributed by atoms with van der Waals surface area (Å²) in [4.78, 5) is -0.0838. The van der Waals surface area contributed by atoms with Gasteiger partial charge in [0.05, 0.1) is 16.6 Å². The zero-order valence-corrected chi connectivity index (χ0v) is 17.8. The van der Waals surface area contributed by atoms with E-state index in [0.29, 0.717) is 15.1 Å². The van der Waals surface area contributed by atoms with Gasteiger partial charge >= 0.3 is 0 Å². The lowest BCUT2D eigenvalue weighted by molar-refractivity contribution is 0.570. The van der Waals surface area contributed by atoms with Crippen molar-refractivity contribution >= 4 is 43.2 Å². The molecule has 0 aliphatic carbocycles. The van der Waals surface area contributed by atoms with E-state index in [1.165, 1.54) is 24.3 Å². The van der Waals surface area contributed by atoms with E-state index in [4.69, 9.17) is 11.6 Å². The fourth-order valence-electron chi connectivity index (χ4n) is 2.86. The van der Waals surface area contributed by atoms with Gasteiger partial charge < -0.3 is 0 Å². The van der Waals surface area contributed by atoms with Crippen molar-refractivity contribution in [2.75, 3.05) is 4.31 Å². The van der Waals surface area contributed by atoms with Crippen LogP contribution in [0.1, 0.15) is 18.5 Å². The van der Waals surface area contributed by atoms with Crippen LogP contribution in [0.5, 0.6) is 0 Å². The Morgan fingerprint density at radius 3 is 2.29 bits per heavy atom. The van der Waals surface area contributed by atoms with Gasteiger partial charge in [0, 0.05) is 15.6 Å². The van der Waals surface area contributed by atoms with Crippen molar-refractivity contribution in [2.45, 2.75) is 17.9 Å². The molecule has 0 aromatic heterocycles. The Morgan fingerprint density at radius 1 is 1.00 bits per heavy atom. The van der Waals surface area contributed by atoms with Crippen LogP contribution in [-0.2, 0) is 10.0 Å². The Balaban J connectivity index is 2.24. The fourth-order valence-corrected chi connectivity index (χ4v) is 5.24. The van der Waals surface area contributed by atoms with E-state index in [0.717, 1.165) is 22.5 Å². The molecule has 0 saturated heterocycles. The maximum Gasteiger partial charge on any atom is 0.264 e. The molecular formula is C20H15BrClF2NO2S. The van der Waals surface area contributed by atoms with Crippen molar-refractivity contribution in [1.29, 1.82) is 0 Å². The maximum absolute atomic E-state index is 14.6. The lowest BCUT2D eigenvalue weighted by Crippen LogP contribution is -2.34. The monoisotopic (exact) mass is 485 g/mol. The number of hydrogen-bond acceptors (Lipinski definition) is 2. The Hall–Kier alpha value is -1.96. The molecule has 8 heteroatoms. The van der Waals surface area contributed by atoms with Crippen molar-refractivity contribution < 1.29 is 17.2 Å². The number of rotatable bonds is 5. The molecule has 0 amide bonds. The normalized spacial score (nSPS) is 12.6. The lowest BCUT2D eigenvalue weighted by Gasteiger charge is -2.31. The van der Waals surface area contributed by atoms with E-state index in [-0.39, 0.29) is 10.6 Å². The van der Waals surface area contributed by atoms with Gasteiger partial charge in [-0.15, -0.1) is 0 Å². The van der Waals surface area contributed by atoms with Crippen LogP contribution in [0.3, 0.4) is 0 Å². The summed E-state index contributed by atoms with van der Waals surface area (Å²) in [6, 6.07) is 14.4. The number of halogens is 4. The molecule has 28 heavy (non-hydrogen) atoms. The zero-order valence-electron chi connectivity index (χ0n) is 14.6. The van der Waals surface area contributed by atoms with E-state index in [2.05, 4.69) is 15.9 Å². The molecule has 0 N–H and O–H groups in total. The predicted octanol–water partition coefficient (Wildman–Crippen LogP) is 6.34. The third kappa shape index (κ3) is 4.06. The van der Waals surface area contributed by atoms with Crippen LogP contribution in [0.15, 0.2) is 76.1 Å². The van der Waals surface area contributed by atoms with Gasteiger partial charge in [0.15, 0.2) is 0 Å². The van der Waals surface area contributed by atoms with Crippen LogP contribution in [0.25, 0.3) is 0 Å². The smallest absolute Gasteiger partial charge is 0.256 e. The predicted molar refractivity (Wildman–Crippen MR) is 110 cm³/mol. The second-order valence-electron chi connectivity index (χ2n) is 6.05. The minimum absolute atomic E-state index is 0.0838. The van der Waals surface area contributed by atoms with Crippen LogP contribution in [0.4, 0.5) is 14.5 Å². The number of sulfonamides is 1. The van der Waals surface area contributed by atoms with Gasteiger partial charge in [-0.05, 0) is 55.0 Å². The number of hydrogen-bond donors (Lipinski definition) is 0. The first-order valence-electron chi connectivity index (χ1n) is 8.21. The molecule has 3 aromatic carbocycles. The molecule has 0 radical (unpaired) electrons. The molecule has 0 bridgehead atoms. The minimum atomic E-state index is -4.23. The topological polar surface area (TPSA) is 37.4 Å². The Bertz CT molecular complexity index is 1110. The molecule has 0 saturated carbocycles. The Kier molecular flexibility index (Phi) is 6.07. The number of anilines is 1. The molecule has 146 valence electrons. The van der Waals surface area contributed by atoms with Gasteiger partial charge in [-0.3, -0.25) is 4.31 Å². The van der Waals surface area contributed by atoms with Crippen molar-refractivity contribution in [2.24, 2.45) is 0 Å². The fraction of sp³-hybridized carbons (Fsp3) is 0.100. The minimum Gasteiger partial charge on any atom is -0.256 e. The molecule has 1 atom stereocenters. The highest BCUT2D eigenvalue weighted by Crippen LogP contribution is 2.37. The highest BCUT2D eigenvalue weighted by molar-refractivity contribution is 9.10. The first kappa shape index (κ1) is 20.8. The van der Waals surface area contributed by atoms with Crippen molar-refractivity contribution in [3.63, 3.8) is 0 Å².